The maximum Gasteiger partial charge on any atom is 0.244 e. The van der Waals surface area contributed by atoms with E-state index in [2.05, 4.69) is 15.6 Å². The number of amides is 3. The number of pyridine rings is 1. The van der Waals surface area contributed by atoms with Gasteiger partial charge in [-0.2, -0.15) is 0 Å². The van der Waals surface area contributed by atoms with Crippen LogP contribution in [0.15, 0.2) is 83.9 Å². The van der Waals surface area contributed by atoms with E-state index < -0.39 is 17.9 Å². The molecule has 0 aliphatic carbocycles. The van der Waals surface area contributed by atoms with E-state index in [0.29, 0.717) is 34.1 Å². The summed E-state index contributed by atoms with van der Waals surface area (Å²) in [6, 6.07) is 19.3. The van der Waals surface area contributed by atoms with Gasteiger partial charge in [-0.25, -0.2) is 0 Å². The van der Waals surface area contributed by atoms with Crippen LogP contribution < -0.4 is 10.6 Å². The van der Waals surface area contributed by atoms with Gasteiger partial charge in [0, 0.05) is 57.7 Å². The quantitative estimate of drug-likeness (QED) is 0.320. The van der Waals surface area contributed by atoms with E-state index in [9.17, 15) is 14.4 Å². The maximum atomic E-state index is 13.1. The van der Waals surface area contributed by atoms with Crippen LogP contribution >= 0.6 is 35.0 Å². The first-order chi connectivity index (χ1) is 19.4. The molecule has 3 aromatic rings. The van der Waals surface area contributed by atoms with Gasteiger partial charge in [0.15, 0.2) is 0 Å². The van der Waals surface area contributed by atoms with Crippen LogP contribution in [0.5, 0.6) is 0 Å². The molecule has 2 N–H and O–H groups in total. The van der Waals surface area contributed by atoms with Gasteiger partial charge < -0.3 is 15.5 Å². The number of rotatable bonds is 10. The van der Waals surface area contributed by atoms with Crippen molar-refractivity contribution in [3.8, 4) is 0 Å². The molecule has 3 amide bonds. The first-order valence-electron chi connectivity index (χ1n) is 13.0. The third-order valence-corrected chi connectivity index (χ3v) is 8.25. The van der Waals surface area contributed by atoms with Gasteiger partial charge in [-0.3, -0.25) is 19.4 Å². The molecular weight excluding hydrogens is 567 g/mol. The molecule has 1 saturated heterocycles. The summed E-state index contributed by atoms with van der Waals surface area (Å²) >= 11 is 13.7. The van der Waals surface area contributed by atoms with E-state index in [1.54, 1.807) is 65.3 Å². The lowest BCUT2D eigenvalue weighted by atomic mass is 10.1. The largest absolute Gasteiger partial charge is 0.345 e. The SMILES string of the molecule is O=C(C=Cc1ccc(Cl)cc1)N[C@@H](Cc1ccccn1)C(=O)NCC(=O)N1CCC(Sc2ccc(Cl)cc2)CC1. The van der Waals surface area contributed by atoms with Gasteiger partial charge >= 0.3 is 0 Å². The topological polar surface area (TPSA) is 91.4 Å². The summed E-state index contributed by atoms with van der Waals surface area (Å²) in [5.74, 6) is -1.02. The first kappa shape index (κ1) is 29.6. The Morgan fingerprint density at radius 2 is 1.65 bits per heavy atom. The zero-order valence-corrected chi connectivity index (χ0v) is 24.1. The summed E-state index contributed by atoms with van der Waals surface area (Å²) in [6.07, 6.45) is 6.55. The zero-order valence-electron chi connectivity index (χ0n) is 21.8. The Hall–Kier alpha value is -3.33. The smallest absolute Gasteiger partial charge is 0.244 e. The van der Waals surface area contributed by atoms with Crippen molar-refractivity contribution in [3.05, 3.63) is 100 Å². The number of likely N-dealkylation sites (tertiary alicyclic amines) is 1. The van der Waals surface area contributed by atoms with Crippen molar-refractivity contribution in [2.24, 2.45) is 0 Å². The number of halogens is 2. The number of nitrogens with zero attached hydrogens (tertiary/aromatic N) is 2. The highest BCUT2D eigenvalue weighted by molar-refractivity contribution is 8.00. The molecule has 0 radical (unpaired) electrons. The number of carbonyl (C=O) groups is 3. The second kappa shape index (κ2) is 14.9. The van der Waals surface area contributed by atoms with Crippen LogP contribution in [0.1, 0.15) is 24.1 Å². The minimum absolute atomic E-state index is 0.136. The molecule has 7 nitrogen and oxygen atoms in total. The first-order valence-corrected chi connectivity index (χ1v) is 14.6. The highest BCUT2D eigenvalue weighted by Crippen LogP contribution is 2.31. The summed E-state index contributed by atoms with van der Waals surface area (Å²) < 4.78 is 0. The van der Waals surface area contributed by atoms with E-state index in [1.165, 1.54) is 6.08 Å². The monoisotopic (exact) mass is 596 g/mol. The van der Waals surface area contributed by atoms with Crippen molar-refractivity contribution < 1.29 is 14.4 Å². The Morgan fingerprint density at radius 3 is 2.30 bits per heavy atom. The maximum absolute atomic E-state index is 13.1. The fraction of sp³-hybridized carbons (Fsp3) is 0.267. The second-order valence-corrected chi connectivity index (χ2v) is 11.6. The normalized spacial score (nSPS) is 14.6. The van der Waals surface area contributed by atoms with E-state index >= 15 is 0 Å². The van der Waals surface area contributed by atoms with Crippen LogP contribution in [-0.2, 0) is 20.8 Å². The van der Waals surface area contributed by atoms with E-state index in [4.69, 9.17) is 23.2 Å². The van der Waals surface area contributed by atoms with Gasteiger partial charge in [-0.05, 0) is 73.0 Å². The molecule has 4 rings (SSSR count). The van der Waals surface area contributed by atoms with Gasteiger partial charge in [0.05, 0.1) is 6.54 Å². The van der Waals surface area contributed by atoms with E-state index in [1.807, 2.05) is 30.3 Å². The lowest BCUT2D eigenvalue weighted by molar-refractivity contribution is -0.134. The van der Waals surface area contributed by atoms with Crippen LogP contribution in [0, 0.1) is 0 Å². The highest BCUT2D eigenvalue weighted by Gasteiger charge is 2.26. The number of carbonyl (C=O) groups excluding carboxylic acids is 3. The van der Waals surface area contributed by atoms with Crippen molar-refractivity contribution in [1.29, 1.82) is 0 Å². The predicted octanol–water partition coefficient (Wildman–Crippen LogP) is 5.03. The average Bonchev–Trinajstić information content (AvgIpc) is 2.97. The van der Waals surface area contributed by atoms with Crippen molar-refractivity contribution in [1.82, 2.24) is 20.5 Å². The third kappa shape index (κ3) is 9.40. The standard InChI is InChI=1S/C30H30Cl2N4O3S/c31-22-7-4-21(5-8-22)6-13-28(37)35-27(19-24-3-1-2-16-33-24)30(39)34-20-29(38)36-17-14-26(15-18-36)40-25-11-9-23(32)10-12-25/h1-13,16,26-27H,14-15,17-20H2,(H,34,39)(H,35,37)/t27-/m0/s1. The van der Waals surface area contributed by atoms with Crippen LogP contribution in [-0.4, -0.2) is 58.5 Å². The lowest BCUT2D eigenvalue weighted by Gasteiger charge is -2.32. The summed E-state index contributed by atoms with van der Waals surface area (Å²) in [6.45, 7) is 1.12. The fourth-order valence-electron chi connectivity index (χ4n) is 4.23. The molecule has 208 valence electrons. The average molecular weight is 598 g/mol. The zero-order chi connectivity index (χ0) is 28.3. The summed E-state index contributed by atoms with van der Waals surface area (Å²) in [4.78, 5) is 45.8. The minimum atomic E-state index is -0.897. The molecule has 1 atom stereocenters. The Kier molecular flexibility index (Phi) is 11.0. The predicted molar refractivity (Wildman–Crippen MR) is 160 cm³/mol. The van der Waals surface area contributed by atoms with Gasteiger partial charge in [-0.15, -0.1) is 11.8 Å². The lowest BCUT2D eigenvalue weighted by Crippen LogP contribution is -2.51. The van der Waals surface area contributed by atoms with Crippen LogP contribution in [0.2, 0.25) is 10.0 Å². The highest BCUT2D eigenvalue weighted by atomic mass is 35.5. The molecular formula is C30H30Cl2N4O3S. The van der Waals surface area contributed by atoms with Gasteiger partial charge in [0.1, 0.15) is 6.04 Å². The molecule has 10 heteroatoms. The number of hydrogen-bond donors (Lipinski definition) is 2. The van der Waals surface area contributed by atoms with Gasteiger partial charge in [-0.1, -0.05) is 41.4 Å². The van der Waals surface area contributed by atoms with Crippen LogP contribution in [0.3, 0.4) is 0 Å². The Morgan fingerprint density at radius 1 is 0.975 bits per heavy atom. The fourth-order valence-corrected chi connectivity index (χ4v) is 5.61. The molecule has 0 unspecified atom stereocenters. The Balaban J connectivity index is 1.28. The molecule has 0 saturated carbocycles. The van der Waals surface area contributed by atoms with Gasteiger partial charge in [0.25, 0.3) is 0 Å². The summed E-state index contributed by atoms with van der Waals surface area (Å²) in [5.41, 5.74) is 1.45. The van der Waals surface area contributed by atoms with Crippen molar-refractivity contribution in [2.45, 2.75) is 35.4 Å². The third-order valence-electron chi connectivity index (χ3n) is 6.39. The second-order valence-electron chi connectivity index (χ2n) is 9.34. The molecule has 2 heterocycles. The van der Waals surface area contributed by atoms with E-state index in [-0.39, 0.29) is 18.9 Å². The van der Waals surface area contributed by atoms with E-state index in [0.717, 1.165) is 23.3 Å². The summed E-state index contributed by atoms with van der Waals surface area (Å²) in [5, 5.41) is 7.18. The number of nitrogens with one attached hydrogen (secondary N) is 2. The minimum Gasteiger partial charge on any atom is -0.345 e. The molecule has 0 bridgehead atoms. The van der Waals surface area contributed by atoms with Crippen LogP contribution in [0.25, 0.3) is 6.08 Å². The Bertz CT molecular complexity index is 1310. The molecule has 2 aromatic carbocycles. The summed E-state index contributed by atoms with van der Waals surface area (Å²) in [7, 11) is 0. The molecule has 1 fully saturated rings. The van der Waals surface area contributed by atoms with Gasteiger partial charge in [0.2, 0.25) is 17.7 Å². The number of piperidine rings is 1. The van der Waals surface area contributed by atoms with Crippen molar-refractivity contribution >= 4 is 58.8 Å². The Labute approximate surface area is 248 Å². The number of thioether (sulfide) groups is 1. The van der Waals surface area contributed by atoms with Crippen molar-refractivity contribution in [2.75, 3.05) is 19.6 Å². The number of benzene rings is 2. The molecule has 1 aromatic heterocycles. The van der Waals surface area contributed by atoms with Crippen LogP contribution in [0.4, 0.5) is 0 Å². The molecule has 0 spiro atoms. The number of aromatic nitrogens is 1. The van der Waals surface area contributed by atoms with Crippen molar-refractivity contribution in [3.63, 3.8) is 0 Å². The molecule has 1 aliphatic rings. The number of hydrogen-bond acceptors (Lipinski definition) is 5. The molecule has 1 aliphatic heterocycles. The molecule has 40 heavy (non-hydrogen) atoms.